The topological polar surface area (TPSA) is 64.1 Å². The highest BCUT2D eigenvalue weighted by Crippen LogP contribution is 2.30. The van der Waals surface area contributed by atoms with Crippen LogP contribution in [0.25, 0.3) is 22.3 Å². The Bertz CT molecular complexity index is 1150. The van der Waals surface area contributed by atoms with Crippen LogP contribution in [0.3, 0.4) is 0 Å². The number of rotatable bonds is 5. The molecule has 158 valence electrons. The first kappa shape index (κ1) is 22.0. The largest absolute Gasteiger partial charge is 0.465 e. The second-order valence-electron chi connectivity index (χ2n) is 6.76. The number of nitrogens with zero attached hydrogens (tertiary/aromatic N) is 2. The van der Waals surface area contributed by atoms with Crippen LogP contribution in [0.4, 0.5) is 5.82 Å². The summed E-state index contributed by atoms with van der Waals surface area (Å²) in [6.07, 6.45) is 0. The summed E-state index contributed by atoms with van der Waals surface area (Å²) in [5.41, 5.74) is 4.69. The summed E-state index contributed by atoms with van der Waals surface area (Å²) in [4.78, 5) is 21.6. The molecule has 0 radical (unpaired) electrons. The van der Waals surface area contributed by atoms with Crippen molar-refractivity contribution in [1.29, 1.82) is 0 Å². The Kier molecular flexibility index (Phi) is 7.33. The monoisotopic (exact) mass is 413 g/mol. The molecular weight excluding hydrogens is 386 g/mol. The first-order valence-electron chi connectivity index (χ1n) is 10.4. The molecule has 4 aromatic rings. The summed E-state index contributed by atoms with van der Waals surface area (Å²) in [6, 6.07) is 25.4. The highest BCUT2D eigenvalue weighted by Gasteiger charge is 2.15. The van der Waals surface area contributed by atoms with Gasteiger partial charge in [-0.15, -0.1) is 0 Å². The van der Waals surface area contributed by atoms with Crippen molar-refractivity contribution in [3.8, 4) is 11.3 Å². The van der Waals surface area contributed by atoms with Gasteiger partial charge in [-0.3, -0.25) is 0 Å². The van der Waals surface area contributed by atoms with Gasteiger partial charge < -0.3 is 10.1 Å². The van der Waals surface area contributed by atoms with E-state index in [1.807, 2.05) is 62.4 Å². The van der Waals surface area contributed by atoms with Crippen LogP contribution in [0, 0.1) is 0 Å². The molecule has 0 aliphatic rings. The van der Waals surface area contributed by atoms with Gasteiger partial charge in [0.2, 0.25) is 0 Å². The third-order valence-corrected chi connectivity index (χ3v) is 4.79. The Morgan fingerprint density at radius 2 is 1.52 bits per heavy atom. The fraction of sp³-hybridized carbons (Fsp3) is 0.192. The first-order valence-corrected chi connectivity index (χ1v) is 10.4. The molecule has 3 aromatic carbocycles. The number of hydrogen-bond donors (Lipinski definition) is 1. The molecule has 0 saturated carbocycles. The van der Waals surface area contributed by atoms with Crippen LogP contribution in [-0.4, -0.2) is 23.0 Å². The fourth-order valence-corrected chi connectivity index (χ4v) is 3.23. The summed E-state index contributed by atoms with van der Waals surface area (Å²) >= 11 is 0. The van der Waals surface area contributed by atoms with Crippen molar-refractivity contribution in [2.24, 2.45) is 0 Å². The number of esters is 1. The van der Waals surface area contributed by atoms with Crippen LogP contribution in [0.15, 0.2) is 78.9 Å². The lowest BCUT2D eigenvalue weighted by Crippen LogP contribution is -2.10. The minimum atomic E-state index is -0.395. The molecule has 0 amide bonds. The van der Waals surface area contributed by atoms with Gasteiger partial charge in [-0.1, -0.05) is 74.5 Å². The Hall–Kier alpha value is -3.73. The van der Waals surface area contributed by atoms with Crippen LogP contribution in [0.2, 0.25) is 0 Å². The summed E-state index contributed by atoms with van der Waals surface area (Å²) in [5, 5.41) is 3.49. The van der Waals surface area contributed by atoms with Gasteiger partial charge in [0.25, 0.3) is 0 Å². The van der Waals surface area contributed by atoms with Crippen LogP contribution in [0.5, 0.6) is 0 Å². The van der Waals surface area contributed by atoms with Gasteiger partial charge in [-0.2, -0.15) is 0 Å². The van der Waals surface area contributed by atoms with E-state index >= 15 is 0 Å². The highest BCUT2D eigenvalue weighted by molar-refractivity contribution is 5.94. The predicted octanol–water partition coefficient (Wildman–Crippen LogP) is 6.28. The van der Waals surface area contributed by atoms with Crippen LogP contribution in [-0.2, 0) is 4.74 Å². The second-order valence-corrected chi connectivity index (χ2v) is 6.76. The van der Waals surface area contributed by atoms with E-state index in [9.17, 15) is 4.79 Å². The van der Waals surface area contributed by atoms with E-state index in [-0.39, 0.29) is 6.04 Å². The molecule has 0 aliphatic heterocycles. The molecule has 0 aliphatic carbocycles. The molecule has 31 heavy (non-hydrogen) atoms. The van der Waals surface area contributed by atoms with Gasteiger partial charge in [-0.25, -0.2) is 14.8 Å². The molecule has 1 heterocycles. The zero-order chi connectivity index (χ0) is 22.2. The lowest BCUT2D eigenvalue weighted by atomic mass is 10.1. The molecule has 0 spiro atoms. The van der Waals surface area contributed by atoms with Crippen molar-refractivity contribution < 1.29 is 9.53 Å². The van der Waals surface area contributed by atoms with Crippen molar-refractivity contribution in [2.75, 3.05) is 12.4 Å². The number of ether oxygens (including phenoxy) is 1. The molecule has 5 nitrogen and oxygen atoms in total. The quantitative estimate of drug-likeness (QED) is 0.390. The lowest BCUT2D eigenvalue weighted by Gasteiger charge is -2.18. The number of anilines is 1. The molecule has 0 saturated heterocycles. The van der Waals surface area contributed by atoms with Gasteiger partial charge in [0.05, 0.1) is 29.7 Å². The molecule has 1 aromatic heterocycles. The molecule has 1 N–H and O–H groups in total. The lowest BCUT2D eigenvalue weighted by molar-refractivity contribution is 0.0601. The zero-order valence-electron chi connectivity index (χ0n) is 18.3. The van der Waals surface area contributed by atoms with E-state index in [2.05, 4.69) is 24.4 Å². The Balaban J connectivity index is 0.00000132. The van der Waals surface area contributed by atoms with Crippen molar-refractivity contribution in [2.45, 2.75) is 26.8 Å². The average Bonchev–Trinajstić information content (AvgIpc) is 2.85. The van der Waals surface area contributed by atoms with E-state index in [1.54, 1.807) is 18.2 Å². The standard InChI is InChI=1S/C24H21N3O2.C2H6/c1-16(17-9-5-3-6-10-17)25-23-22(18-11-7-4-8-12-18)26-20-14-13-19(24(28)29-2)15-21(20)27-23;1-2/h3-16H,1-2H3,(H,25,27);1-2H3. The second kappa shape index (κ2) is 10.3. The van der Waals surface area contributed by atoms with Crippen molar-refractivity contribution in [3.63, 3.8) is 0 Å². The van der Waals surface area contributed by atoms with Gasteiger partial charge >= 0.3 is 5.97 Å². The van der Waals surface area contributed by atoms with Crippen molar-refractivity contribution in [1.82, 2.24) is 9.97 Å². The van der Waals surface area contributed by atoms with Crippen LogP contribution in [0.1, 0.15) is 42.7 Å². The van der Waals surface area contributed by atoms with Gasteiger partial charge in [0.15, 0.2) is 5.82 Å². The number of carbonyl (C=O) groups is 1. The molecule has 5 heteroatoms. The molecule has 0 fully saturated rings. The minimum Gasteiger partial charge on any atom is -0.465 e. The fourth-order valence-electron chi connectivity index (χ4n) is 3.23. The summed E-state index contributed by atoms with van der Waals surface area (Å²) in [6.45, 7) is 6.08. The number of fused-ring (bicyclic) bond motifs is 1. The number of aromatic nitrogens is 2. The normalized spacial score (nSPS) is 11.2. The van der Waals surface area contributed by atoms with Gasteiger partial charge in [0, 0.05) is 5.56 Å². The smallest absolute Gasteiger partial charge is 0.337 e. The number of carbonyl (C=O) groups excluding carboxylic acids is 1. The first-order chi connectivity index (χ1) is 15.2. The highest BCUT2D eigenvalue weighted by atomic mass is 16.5. The number of hydrogen-bond acceptors (Lipinski definition) is 5. The number of benzene rings is 3. The van der Waals surface area contributed by atoms with Gasteiger partial charge in [-0.05, 0) is 30.7 Å². The molecule has 1 atom stereocenters. The van der Waals surface area contributed by atoms with Crippen molar-refractivity contribution >= 4 is 22.8 Å². The van der Waals surface area contributed by atoms with E-state index in [0.717, 1.165) is 22.3 Å². The molecular formula is C26H27N3O2. The molecule has 4 rings (SSSR count). The SMILES string of the molecule is CC.COC(=O)c1ccc2nc(-c3ccccc3)c(NC(C)c3ccccc3)nc2c1. The van der Waals surface area contributed by atoms with E-state index in [0.29, 0.717) is 16.9 Å². The third-order valence-electron chi connectivity index (χ3n) is 4.79. The van der Waals surface area contributed by atoms with Crippen molar-refractivity contribution in [3.05, 3.63) is 90.0 Å². The average molecular weight is 414 g/mol. The van der Waals surface area contributed by atoms with Gasteiger partial charge in [0.1, 0.15) is 5.69 Å². The molecule has 1 unspecified atom stereocenters. The van der Waals surface area contributed by atoms with Crippen LogP contribution >= 0.6 is 0 Å². The van der Waals surface area contributed by atoms with E-state index in [1.165, 1.54) is 7.11 Å². The summed E-state index contributed by atoms with van der Waals surface area (Å²) in [7, 11) is 1.37. The predicted molar refractivity (Wildman–Crippen MR) is 126 cm³/mol. The third kappa shape index (κ3) is 5.07. The Labute approximate surface area is 183 Å². The van der Waals surface area contributed by atoms with E-state index in [4.69, 9.17) is 14.7 Å². The number of methoxy groups -OCH3 is 1. The maximum absolute atomic E-state index is 11.9. The zero-order valence-corrected chi connectivity index (χ0v) is 18.3. The number of nitrogens with one attached hydrogen (secondary N) is 1. The summed E-state index contributed by atoms with van der Waals surface area (Å²) in [5.74, 6) is 0.273. The van der Waals surface area contributed by atoms with E-state index < -0.39 is 5.97 Å². The minimum absolute atomic E-state index is 0.0363. The summed E-state index contributed by atoms with van der Waals surface area (Å²) < 4.78 is 4.83. The Morgan fingerprint density at radius 1 is 0.871 bits per heavy atom. The Morgan fingerprint density at radius 3 is 2.16 bits per heavy atom. The maximum atomic E-state index is 11.9. The van der Waals surface area contributed by atoms with Crippen LogP contribution < -0.4 is 5.32 Å². The maximum Gasteiger partial charge on any atom is 0.337 e. The molecule has 0 bridgehead atoms.